The predicted octanol–water partition coefficient (Wildman–Crippen LogP) is 4.56. The first-order valence-electron chi connectivity index (χ1n) is 10.4. The third-order valence-electron chi connectivity index (χ3n) is 5.64. The average molecular weight is 449 g/mol. The Hall–Kier alpha value is -4.06. The molecule has 7 nitrogen and oxygen atoms in total. The van der Waals surface area contributed by atoms with Crippen molar-refractivity contribution in [2.75, 3.05) is 10.2 Å². The Labute approximate surface area is 189 Å². The van der Waals surface area contributed by atoms with E-state index in [1.54, 1.807) is 18.2 Å². The van der Waals surface area contributed by atoms with Crippen LogP contribution in [-0.4, -0.2) is 27.6 Å². The van der Waals surface area contributed by atoms with E-state index in [0.717, 1.165) is 0 Å². The van der Waals surface area contributed by atoms with Gasteiger partial charge in [0.1, 0.15) is 5.69 Å². The maximum absolute atomic E-state index is 14.0. The zero-order chi connectivity index (χ0) is 23.8. The van der Waals surface area contributed by atoms with Crippen LogP contribution in [0.1, 0.15) is 52.2 Å². The molecule has 0 fully saturated rings. The van der Waals surface area contributed by atoms with Crippen LogP contribution in [0.2, 0.25) is 0 Å². The minimum Gasteiger partial charge on any atom is -0.322 e. The maximum Gasteiger partial charge on any atom is 0.277 e. The number of alkyl halides is 2. The van der Waals surface area contributed by atoms with Crippen LogP contribution in [0, 0.1) is 11.3 Å². The van der Waals surface area contributed by atoms with Gasteiger partial charge in [-0.1, -0.05) is 25.1 Å². The second kappa shape index (κ2) is 8.47. The van der Waals surface area contributed by atoms with Crippen molar-refractivity contribution in [1.82, 2.24) is 9.78 Å². The van der Waals surface area contributed by atoms with Crippen molar-refractivity contribution < 1.29 is 18.4 Å². The van der Waals surface area contributed by atoms with Crippen LogP contribution in [0.3, 0.4) is 0 Å². The Morgan fingerprint density at radius 2 is 2.00 bits per heavy atom. The summed E-state index contributed by atoms with van der Waals surface area (Å²) in [7, 11) is 0. The van der Waals surface area contributed by atoms with Gasteiger partial charge in [0.05, 0.1) is 36.0 Å². The van der Waals surface area contributed by atoms with Crippen molar-refractivity contribution in [2.24, 2.45) is 0 Å². The minimum absolute atomic E-state index is 0.0911. The van der Waals surface area contributed by atoms with Crippen LogP contribution in [0.15, 0.2) is 54.7 Å². The third-order valence-corrected chi connectivity index (χ3v) is 5.64. The van der Waals surface area contributed by atoms with Crippen molar-refractivity contribution in [3.05, 3.63) is 77.1 Å². The number of amides is 2. The van der Waals surface area contributed by atoms with Crippen LogP contribution < -0.4 is 10.2 Å². The van der Waals surface area contributed by atoms with Crippen LogP contribution in [0.25, 0.3) is 0 Å². The van der Waals surface area contributed by atoms with Gasteiger partial charge < -0.3 is 10.2 Å². The second-order valence-corrected chi connectivity index (χ2v) is 7.86. The minimum atomic E-state index is -2.94. The van der Waals surface area contributed by atoms with Crippen molar-refractivity contribution in [2.45, 2.75) is 38.8 Å². The summed E-state index contributed by atoms with van der Waals surface area (Å²) in [4.78, 5) is 27.8. The molecule has 0 aliphatic carbocycles. The normalized spacial score (nSPS) is 15.7. The van der Waals surface area contributed by atoms with Crippen LogP contribution in [0.5, 0.6) is 0 Å². The summed E-state index contributed by atoms with van der Waals surface area (Å²) in [6.45, 7) is 3.57. The lowest BCUT2D eigenvalue weighted by atomic mass is 10.0. The van der Waals surface area contributed by atoms with Gasteiger partial charge >= 0.3 is 0 Å². The molecule has 0 radical (unpaired) electrons. The number of anilines is 2. The molecule has 0 unspecified atom stereocenters. The molecule has 9 heteroatoms. The molecule has 168 valence electrons. The van der Waals surface area contributed by atoms with Crippen LogP contribution in [0.4, 0.5) is 20.2 Å². The smallest absolute Gasteiger partial charge is 0.277 e. The lowest BCUT2D eigenvalue weighted by Crippen LogP contribution is -2.47. The van der Waals surface area contributed by atoms with Gasteiger partial charge in [-0.15, -0.1) is 0 Å². The number of halogens is 2. The zero-order valence-electron chi connectivity index (χ0n) is 18.0. The molecule has 0 saturated heterocycles. The van der Waals surface area contributed by atoms with Crippen LogP contribution >= 0.6 is 0 Å². The molecule has 2 amide bonds. The standard InChI is InChI=1S/C24H21F2N5O2/c1-3-24(25,26)17-7-9-19(10-8-17)31-15(2)14-30-21(23(31)33)20(13-28-30)22(32)29-18-6-4-5-16(11-18)12-27/h4-11,13,15H,3,14H2,1-2H3,(H,29,32)/t15-/m0/s1. The molecule has 0 saturated carbocycles. The summed E-state index contributed by atoms with van der Waals surface area (Å²) >= 11 is 0. The number of nitrogens with one attached hydrogen (secondary N) is 1. The molecule has 1 atom stereocenters. The average Bonchev–Trinajstić information content (AvgIpc) is 3.24. The van der Waals surface area contributed by atoms with Gasteiger partial charge in [-0.05, 0) is 37.3 Å². The molecule has 0 spiro atoms. The molecule has 1 aromatic heterocycles. The van der Waals surface area contributed by atoms with E-state index in [2.05, 4.69) is 10.4 Å². The Kier molecular flexibility index (Phi) is 5.68. The Balaban J connectivity index is 1.63. The topological polar surface area (TPSA) is 91.0 Å². The van der Waals surface area contributed by atoms with Gasteiger partial charge in [0.25, 0.3) is 17.7 Å². The van der Waals surface area contributed by atoms with E-state index in [9.17, 15) is 18.4 Å². The van der Waals surface area contributed by atoms with Gasteiger partial charge in [0.15, 0.2) is 0 Å². The van der Waals surface area contributed by atoms with Crippen molar-refractivity contribution >= 4 is 23.2 Å². The molecule has 2 aromatic carbocycles. The van der Waals surface area contributed by atoms with E-state index in [4.69, 9.17) is 5.26 Å². The molecule has 1 N–H and O–H groups in total. The highest BCUT2D eigenvalue weighted by atomic mass is 19.3. The van der Waals surface area contributed by atoms with Gasteiger partial charge in [-0.25, -0.2) is 8.78 Å². The summed E-state index contributed by atoms with van der Waals surface area (Å²) < 4.78 is 29.4. The number of carbonyl (C=O) groups is 2. The zero-order valence-corrected chi connectivity index (χ0v) is 18.0. The van der Waals surface area contributed by atoms with Gasteiger partial charge in [0, 0.05) is 23.4 Å². The number of rotatable bonds is 5. The number of fused-ring (bicyclic) bond motifs is 1. The lowest BCUT2D eigenvalue weighted by Gasteiger charge is -2.34. The fourth-order valence-corrected chi connectivity index (χ4v) is 3.87. The number of aromatic nitrogens is 2. The molecule has 3 aromatic rings. The summed E-state index contributed by atoms with van der Waals surface area (Å²) in [6.07, 6.45) is 1.01. The molecule has 2 heterocycles. The monoisotopic (exact) mass is 449 g/mol. The van der Waals surface area contributed by atoms with E-state index in [-0.39, 0.29) is 29.3 Å². The Morgan fingerprint density at radius 3 is 2.67 bits per heavy atom. The molecular weight excluding hydrogens is 428 g/mol. The summed E-state index contributed by atoms with van der Waals surface area (Å²) in [6, 6.07) is 13.7. The predicted molar refractivity (Wildman–Crippen MR) is 118 cm³/mol. The first kappa shape index (κ1) is 22.1. The van der Waals surface area contributed by atoms with Crippen molar-refractivity contribution in [3.8, 4) is 6.07 Å². The number of hydrogen-bond donors (Lipinski definition) is 1. The van der Waals surface area contributed by atoms with E-state index in [1.165, 1.54) is 53.0 Å². The lowest BCUT2D eigenvalue weighted by molar-refractivity contribution is -0.00827. The van der Waals surface area contributed by atoms with E-state index >= 15 is 0 Å². The second-order valence-electron chi connectivity index (χ2n) is 7.86. The number of nitriles is 1. The number of hydrogen-bond acceptors (Lipinski definition) is 4. The third kappa shape index (κ3) is 4.07. The fourth-order valence-electron chi connectivity index (χ4n) is 3.87. The maximum atomic E-state index is 14.0. The van der Waals surface area contributed by atoms with E-state index in [1.807, 2.05) is 13.0 Å². The summed E-state index contributed by atoms with van der Waals surface area (Å²) in [5.41, 5.74) is 1.36. The molecule has 1 aliphatic rings. The summed E-state index contributed by atoms with van der Waals surface area (Å²) in [5, 5.41) is 15.9. The fraction of sp³-hybridized carbons (Fsp3) is 0.250. The van der Waals surface area contributed by atoms with Gasteiger partial charge in [0.2, 0.25) is 0 Å². The quantitative estimate of drug-likeness (QED) is 0.618. The highest BCUT2D eigenvalue weighted by Crippen LogP contribution is 2.34. The van der Waals surface area contributed by atoms with E-state index < -0.39 is 17.7 Å². The Bertz CT molecular complexity index is 1260. The largest absolute Gasteiger partial charge is 0.322 e. The van der Waals surface area contributed by atoms with Crippen molar-refractivity contribution in [1.29, 1.82) is 5.26 Å². The highest BCUT2D eigenvalue weighted by molar-refractivity contribution is 6.15. The highest BCUT2D eigenvalue weighted by Gasteiger charge is 2.36. The molecule has 0 bridgehead atoms. The number of benzene rings is 2. The first-order chi connectivity index (χ1) is 15.7. The first-order valence-corrected chi connectivity index (χ1v) is 10.4. The molecule has 4 rings (SSSR count). The molecular formula is C24H21F2N5O2. The Morgan fingerprint density at radius 1 is 1.27 bits per heavy atom. The van der Waals surface area contributed by atoms with Crippen LogP contribution in [-0.2, 0) is 12.5 Å². The SMILES string of the molecule is CCC(F)(F)c1ccc(N2C(=O)c3c(C(=O)Nc4cccc(C#N)c4)cnn3C[C@@H]2C)cc1. The summed E-state index contributed by atoms with van der Waals surface area (Å²) in [5.74, 6) is -3.92. The van der Waals surface area contributed by atoms with Crippen molar-refractivity contribution in [3.63, 3.8) is 0 Å². The molecule has 1 aliphatic heterocycles. The van der Waals surface area contributed by atoms with Gasteiger partial charge in [-0.2, -0.15) is 10.4 Å². The van der Waals surface area contributed by atoms with E-state index in [0.29, 0.717) is 23.5 Å². The molecule has 33 heavy (non-hydrogen) atoms. The number of nitrogens with zero attached hydrogens (tertiary/aromatic N) is 4. The van der Waals surface area contributed by atoms with Gasteiger partial charge in [-0.3, -0.25) is 14.3 Å². The number of carbonyl (C=O) groups excluding carboxylic acids is 2.